The van der Waals surface area contributed by atoms with Gasteiger partial charge in [-0.25, -0.2) is 4.98 Å². The van der Waals surface area contributed by atoms with Gasteiger partial charge < -0.3 is 11.5 Å². The summed E-state index contributed by atoms with van der Waals surface area (Å²) < 4.78 is 1.12. The zero-order valence-electron chi connectivity index (χ0n) is 7.94. The topological polar surface area (TPSA) is 64.9 Å². The van der Waals surface area contributed by atoms with E-state index in [0.717, 1.165) is 33.8 Å². The molecule has 6 heteroatoms. The molecule has 3 nitrogen and oxygen atoms in total. The van der Waals surface area contributed by atoms with Gasteiger partial charge in [-0.15, -0.1) is 11.3 Å². The van der Waals surface area contributed by atoms with Crippen molar-refractivity contribution in [2.75, 3.05) is 24.6 Å². The number of thiazole rings is 1. The third-order valence-electron chi connectivity index (χ3n) is 1.39. The van der Waals surface area contributed by atoms with E-state index in [-0.39, 0.29) is 0 Å². The summed E-state index contributed by atoms with van der Waals surface area (Å²) in [4.78, 5) is 4.48. The van der Waals surface area contributed by atoms with Gasteiger partial charge in [0.2, 0.25) is 0 Å². The van der Waals surface area contributed by atoms with Gasteiger partial charge in [0.25, 0.3) is 0 Å². The standard InChI is InChI=1S/C8H15N3S3/c9-1-3-12-5-7-6-14-8(11-7)13-4-2-10/h6H,1-5,9-10H2. The summed E-state index contributed by atoms with van der Waals surface area (Å²) in [5.74, 6) is 2.92. The molecule has 0 bridgehead atoms. The Balaban J connectivity index is 2.27. The van der Waals surface area contributed by atoms with Crippen LogP contribution in [0.25, 0.3) is 0 Å². The number of nitrogens with zero attached hydrogens (tertiary/aromatic N) is 1. The second kappa shape index (κ2) is 7.53. The Kier molecular flexibility index (Phi) is 6.63. The molecular weight excluding hydrogens is 234 g/mol. The van der Waals surface area contributed by atoms with Crippen LogP contribution in [0, 0.1) is 0 Å². The van der Waals surface area contributed by atoms with E-state index in [0.29, 0.717) is 6.54 Å². The van der Waals surface area contributed by atoms with Crippen molar-refractivity contribution in [3.63, 3.8) is 0 Å². The Morgan fingerprint density at radius 2 is 2.07 bits per heavy atom. The first-order valence-electron chi connectivity index (χ1n) is 4.42. The van der Waals surface area contributed by atoms with Crippen molar-refractivity contribution < 1.29 is 0 Å². The summed E-state index contributed by atoms with van der Waals surface area (Å²) in [5.41, 5.74) is 12.0. The van der Waals surface area contributed by atoms with E-state index in [4.69, 9.17) is 11.5 Å². The van der Waals surface area contributed by atoms with Crippen molar-refractivity contribution in [1.29, 1.82) is 0 Å². The van der Waals surface area contributed by atoms with Gasteiger partial charge in [-0.1, -0.05) is 11.8 Å². The van der Waals surface area contributed by atoms with Gasteiger partial charge in [0.1, 0.15) is 4.34 Å². The summed E-state index contributed by atoms with van der Waals surface area (Å²) in [6, 6.07) is 0. The molecule has 0 atom stereocenters. The smallest absolute Gasteiger partial charge is 0.150 e. The van der Waals surface area contributed by atoms with Crippen molar-refractivity contribution in [2.45, 2.75) is 10.1 Å². The van der Waals surface area contributed by atoms with Crippen molar-refractivity contribution in [3.8, 4) is 0 Å². The van der Waals surface area contributed by atoms with Crippen LogP contribution in [0.5, 0.6) is 0 Å². The van der Waals surface area contributed by atoms with Crippen molar-refractivity contribution >= 4 is 34.9 Å². The van der Waals surface area contributed by atoms with Crippen LogP contribution < -0.4 is 11.5 Å². The minimum atomic E-state index is 0.710. The fourth-order valence-electron chi connectivity index (χ4n) is 0.827. The van der Waals surface area contributed by atoms with Crippen LogP contribution in [0.4, 0.5) is 0 Å². The summed E-state index contributed by atoms with van der Waals surface area (Å²) >= 11 is 5.26. The van der Waals surface area contributed by atoms with Crippen molar-refractivity contribution in [1.82, 2.24) is 4.98 Å². The molecular formula is C8H15N3S3. The SMILES string of the molecule is NCCSCc1csc(SCCN)n1. The number of aromatic nitrogens is 1. The highest BCUT2D eigenvalue weighted by Crippen LogP contribution is 2.23. The number of hydrogen-bond donors (Lipinski definition) is 2. The van der Waals surface area contributed by atoms with Gasteiger partial charge in [-0.2, -0.15) is 11.8 Å². The first kappa shape index (κ1) is 12.3. The zero-order chi connectivity index (χ0) is 10.2. The number of hydrogen-bond acceptors (Lipinski definition) is 6. The van der Waals surface area contributed by atoms with E-state index in [1.165, 1.54) is 0 Å². The van der Waals surface area contributed by atoms with Crippen LogP contribution in [-0.4, -0.2) is 29.6 Å². The van der Waals surface area contributed by atoms with Gasteiger partial charge in [0, 0.05) is 35.7 Å². The van der Waals surface area contributed by atoms with Crippen LogP contribution >= 0.6 is 34.9 Å². The van der Waals surface area contributed by atoms with Crippen molar-refractivity contribution in [3.05, 3.63) is 11.1 Å². The molecule has 4 N–H and O–H groups in total. The lowest BCUT2D eigenvalue weighted by Crippen LogP contribution is -2.01. The largest absolute Gasteiger partial charge is 0.330 e. The van der Waals surface area contributed by atoms with E-state index in [1.807, 2.05) is 11.8 Å². The third kappa shape index (κ3) is 4.65. The third-order valence-corrected chi connectivity index (χ3v) is 4.51. The molecule has 1 rings (SSSR count). The Hall–Kier alpha value is 0.250. The number of thioether (sulfide) groups is 2. The highest BCUT2D eigenvalue weighted by atomic mass is 32.2. The van der Waals surface area contributed by atoms with Crippen molar-refractivity contribution in [2.24, 2.45) is 11.5 Å². The van der Waals surface area contributed by atoms with Gasteiger partial charge in [0.15, 0.2) is 0 Å². The molecule has 14 heavy (non-hydrogen) atoms. The zero-order valence-corrected chi connectivity index (χ0v) is 10.4. The first-order valence-corrected chi connectivity index (χ1v) is 7.44. The maximum Gasteiger partial charge on any atom is 0.150 e. The Morgan fingerprint density at radius 3 is 2.79 bits per heavy atom. The van der Waals surface area contributed by atoms with E-state index >= 15 is 0 Å². The lowest BCUT2D eigenvalue weighted by Gasteiger charge is -1.95. The average molecular weight is 249 g/mol. The fraction of sp³-hybridized carbons (Fsp3) is 0.625. The fourth-order valence-corrected chi connectivity index (χ4v) is 3.28. The van der Waals surface area contributed by atoms with Gasteiger partial charge >= 0.3 is 0 Å². The lowest BCUT2D eigenvalue weighted by atomic mass is 10.6. The second-order valence-corrected chi connectivity index (χ2v) is 5.89. The predicted molar refractivity (Wildman–Crippen MR) is 67.1 cm³/mol. The molecule has 0 unspecified atom stereocenters. The Morgan fingerprint density at radius 1 is 1.29 bits per heavy atom. The van der Waals surface area contributed by atoms with Gasteiger partial charge in [0.05, 0.1) is 5.69 Å². The molecule has 0 radical (unpaired) electrons. The molecule has 1 heterocycles. The quantitative estimate of drug-likeness (QED) is 0.565. The summed E-state index contributed by atoms with van der Waals surface area (Å²) in [5, 5.41) is 2.11. The van der Waals surface area contributed by atoms with Crippen LogP contribution in [0.15, 0.2) is 9.72 Å². The van der Waals surface area contributed by atoms with Gasteiger partial charge in [-0.3, -0.25) is 0 Å². The molecule has 80 valence electrons. The number of nitrogens with two attached hydrogens (primary N) is 2. The van der Waals surface area contributed by atoms with E-state index in [9.17, 15) is 0 Å². The summed E-state index contributed by atoms with van der Waals surface area (Å²) in [6.07, 6.45) is 0. The minimum Gasteiger partial charge on any atom is -0.330 e. The predicted octanol–water partition coefficient (Wildman–Crippen LogP) is 1.39. The molecule has 0 aromatic carbocycles. The second-order valence-electron chi connectivity index (χ2n) is 2.58. The molecule has 1 aromatic rings. The monoisotopic (exact) mass is 249 g/mol. The summed E-state index contributed by atoms with van der Waals surface area (Å²) in [6.45, 7) is 1.45. The van der Waals surface area contributed by atoms with E-state index in [1.54, 1.807) is 23.1 Å². The molecule has 0 aliphatic rings. The van der Waals surface area contributed by atoms with E-state index < -0.39 is 0 Å². The molecule has 0 saturated carbocycles. The highest BCUT2D eigenvalue weighted by Gasteiger charge is 2.01. The molecule has 0 spiro atoms. The van der Waals surface area contributed by atoms with Crippen LogP contribution in [0.1, 0.15) is 5.69 Å². The molecule has 0 aliphatic heterocycles. The summed E-state index contributed by atoms with van der Waals surface area (Å²) in [7, 11) is 0. The number of rotatable bonds is 7. The average Bonchev–Trinajstić information content (AvgIpc) is 2.63. The maximum absolute atomic E-state index is 5.42. The van der Waals surface area contributed by atoms with Crippen LogP contribution in [0.2, 0.25) is 0 Å². The van der Waals surface area contributed by atoms with Crippen LogP contribution in [0.3, 0.4) is 0 Å². The highest BCUT2D eigenvalue weighted by molar-refractivity contribution is 8.01. The normalized spacial score (nSPS) is 10.7. The lowest BCUT2D eigenvalue weighted by molar-refractivity contribution is 1.11. The first-order chi connectivity index (χ1) is 6.86. The molecule has 0 fully saturated rings. The molecule has 0 saturated heterocycles. The van der Waals surface area contributed by atoms with Gasteiger partial charge in [-0.05, 0) is 0 Å². The minimum absolute atomic E-state index is 0.710. The maximum atomic E-state index is 5.42. The van der Waals surface area contributed by atoms with E-state index in [2.05, 4.69) is 10.4 Å². The Bertz CT molecular complexity index is 252. The molecule has 0 aliphatic carbocycles. The van der Waals surface area contributed by atoms with Crippen LogP contribution in [-0.2, 0) is 5.75 Å². The molecule has 0 amide bonds. The Labute approximate surface area is 97.0 Å². The molecule has 1 aromatic heterocycles.